The van der Waals surface area contributed by atoms with Crippen LogP contribution in [0.1, 0.15) is 39.9 Å². The van der Waals surface area contributed by atoms with Crippen LogP contribution in [0.5, 0.6) is 0 Å². The Labute approximate surface area is 259 Å². The number of carbonyl (C=O) groups excluding carboxylic acids is 1. The first-order chi connectivity index (χ1) is 20.9. The number of carbonyl (C=O) groups is 2. The predicted molar refractivity (Wildman–Crippen MR) is 173 cm³/mol. The smallest absolute Gasteiger partial charge is 0.305 e. The Bertz CT molecular complexity index is 1750. The summed E-state index contributed by atoms with van der Waals surface area (Å²) in [7, 11) is 0. The molecular weight excluding hydrogens is 578 g/mol. The van der Waals surface area contributed by atoms with E-state index in [1.165, 1.54) is 17.5 Å². The van der Waals surface area contributed by atoms with E-state index >= 15 is 0 Å². The van der Waals surface area contributed by atoms with Crippen molar-refractivity contribution in [1.82, 2.24) is 10.3 Å². The molecule has 1 amide bonds. The number of halogens is 1. The lowest BCUT2D eigenvalue weighted by molar-refractivity contribution is -0.136. The van der Waals surface area contributed by atoms with Crippen LogP contribution in [0.2, 0.25) is 5.02 Å². The lowest BCUT2D eigenvalue weighted by atomic mass is 10.1. The van der Waals surface area contributed by atoms with Gasteiger partial charge in [0.1, 0.15) is 0 Å². The van der Waals surface area contributed by atoms with Crippen LogP contribution in [-0.4, -0.2) is 28.5 Å². The molecular formula is C35H30ClN3O3S. The standard InChI is InChI=1S/C35H30ClN3O3S/c36-29-16-13-25(14-17-29)32-33(26-5-2-1-3-6-26)43-35(38-32)39(30-18-15-24-7-4-8-28(24)21-30)22-23-9-11-27(12-10-23)34(42)37-20-19-31(40)41/h1-3,5-6,9-18,21H,4,7-8,19-20,22H2,(H,37,42)(H,40,41). The molecule has 216 valence electrons. The molecule has 0 unspecified atom stereocenters. The summed E-state index contributed by atoms with van der Waals surface area (Å²) in [5, 5.41) is 13.1. The number of nitrogens with one attached hydrogen (secondary N) is 1. The van der Waals surface area contributed by atoms with Gasteiger partial charge in [0.2, 0.25) is 0 Å². The molecule has 0 bridgehead atoms. The summed E-state index contributed by atoms with van der Waals surface area (Å²) in [5.41, 5.74) is 8.38. The third-order valence-corrected chi connectivity index (χ3v) is 8.95. The van der Waals surface area contributed by atoms with Crippen molar-refractivity contribution in [2.24, 2.45) is 0 Å². The molecule has 0 radical (unpaired) electrons. The highest BCUT2D eigenvalue weighted by molar-refractivity contribution is 7.19. The minimum atomic E-state index is -0.945. The minimum absolute atomic E-state index is 0.0891. The molecule has 0 aliphatic heterocycles. The number of rotatable bonds is 10. The van der Waals surface area contributed by atoms with Gasteiger partial charge in [-0.15, -0.1) is 0 Å². The topological polar surface area (TPSA) is 82.5 Å². The minimum Gasteiger partial charge on any atom is -0.481 e. The average molecular weight is 608 g/mol. The summed E-state index contributed by atoms with van der Waals surface area (Å²) >= 11 is 7.88. The predicted octanol–water partition coefficient (Wildman–Crippen LogP) is 8.16. The van der Waals surface area contributed by atoms with Crippen LogP contribution in [0.25, 0.3) is 21.7 Å². The van der Waals surface area contributed by atoms with E-state index in [-0.39, 0.29) is 18.9 Å². The van der Waals surface area contributed by atoms with E-state index in [9.17, 15) is 9.59 Å². The second-order valence-corrected chi connectivity index (χ2v) is 12.0. The number of carboxylic acids is 1. The first-order valence-electron chi connectivity index (χ1n) is 14.2. The molecule has 0 atom stereocenters. The van der Waals surface area contributed by atoms with Crippen molar-refractivity contribution in [3.63, 3.8) is 0 Å². The molecule has 0 saturated carbocycles. The van der Waals surface area contributed by atoms with Crippen LogP contribution in [0.15, 0.2) is 97.1 Å². The van der Waals surface area contributed by atoms with Gasteiger partial charge in [0.05, 0.1) is 23.5 Å². The van der Waals surface area contributed by atoms with E-state index in [0.29, 0.717) is 17.1 Å². The fourth-order valence-corrected chi connectivity index (χ4v) is 6.58. The molecule has 1 heterocycles. The number of aromatic nitrogens is 1. The fraction of sp³-hybridized carbons (Fsp3) is 0.171. The quantitative estimate of drug-likeness (QED) is 0.167. The van der Waals surface area contributed by atoms with Crippen molar-refractivity contribution in [1.29, 1.82) is 0 Å². The first kappa shape index (κ1) is 28.6. The lowest BCUT2D eigenvalue weighted by Crippen LogP contribution is -2.26. The molecule has 4 aromatic carbocycles. The maximum absolute atomic E-state index is 12.5. The number of nitrogens with zero attached hydrogens (tertiary/aromatic N) is 2. The van der Waals surface area contributed by atoms with Gasteiger partial charge in [0.25, 0.3) is 5.91 Å². The monoisotopic (exact) mass is 607 g/mol. The fourth-order valence-electron chi connectivity index (χ4n) is 5.34. The van der Waals surface area contributed by atoms with E-state index in [0.717, 1.165) is 50.9 Å². The third-order valence-electron chi connectivity index (χ3n) is 7.58. The van der Waals surface area contributed by atoms with Gasteiger partial charge in [0.15, 0.2) is 5.13 Å². The Morgan fingerprint density at radius 2 is 1.63 bits per heavy atom. The summed E-state index contributed by atoms with van der Waals surface area (Å²) in [5.74, 6) is -1.23. The van der Waals surface area contributed by atoms with Gasteiger partial charge in [-0.25, -0.2) is 4.98 Å². The summed E-state index contributed by atoms with van der Waals surface area (Å²) in [4.78, 5) is 31.9. The number of fused-ring (bicyclic) bond motifs is 1. The molecule has 5 aromatic rings. The second-order valence-electron chi connectivity index (χ2n) is 10.5. The number of thiazole rings is 1. The number of amides is 1. The van der Waals surface area contributed by atoms with Crippen molar-refractivity contribution in [3.05, 3.63) is 124 Å². The van der Waals surface area contributed by atoms with Gasteiger partial charge >= 0.3 is 5.97 Å². The van der Waals surface area contributed by atoms with Crippen LogP contribution in [0.4, 0.5) is 10.8 Å². The molecule has 1 aliphatic carbocycles. The van der Waals surface area contributed by atoms with Crippen LogP contribution >= 0.6 is 22.9 Å². The summed E-state index contributed by atoms with van der Waals surface area (Å²) < 4.78 is 0. The Morgan fingerprint density at radius 1 is 0.884 bits per heavy atom. The number of anilines is 2. The zero-order valence-electron chi connectivity index (χ0n) is 23.4. The van der Waals surface area contributed by atoms with Gasteiger partial charge in [-0.3, -0.25) is 9.59 Å². The highest BCUT2D eigenvalue weighted by Crippen LogP contribution is 2.43. The molecule has 6 nitrogen and oxygen atoms in total. The van der Waals surface area contributed by atoms with E-state index in [2.05, 4.69) is 40.5 Å². The average Bonchev–Trinajstić information content (AvgIpc) is 3.68. The van der Waals surface area contributed by atoms with E-state index in [1.807, 2.05) is 54.6 Å². The number of aryl methyl sites for hydroxylation is 2. The van der Waals surface area contributed by atoms with Gasteiger partial charge in [-0.2, -0.15) is 0 Å². The van der Waals surface area contributed by atoms with Crippen LogP contribution in [-0.2, 0) is 24.2 Å². The maximum atomic E-state index is 12.5. The number of aliphatic carboxylic acids is 1. The molecule has 0 saturated heterocycles. The van der Waals surface area contributed by atoms with Crippen LogP contribution < -0.4 is 10.2 Å². The Hall–Kier alpha value is -4.46. The van der Waals surface area contributed by atoms with Gasteiger partial charge in [-0.1, -0.05) is 83.6 Å². The first-order valence-corrected chi connectivity index (χ1v) is 15.4. The molecule has 1 aromatic heterocycles. The largest absolute Gasteiger partial charge is 0.481 e. The number of hydrogen-bond acceptors (Lipinski definition) is 5. The molecule has 0 fully saturated rings. The zero-order chi connectivity index (χ0) is 29.8. The number of benzene rings is 4. The van der Waals surface area contributed by atoms with Crippen LogP contribution in [0, 0.1) is 0 Å². The molecule has 0 spiro atoms. The summed E-state index contributed by atoms with van der Waals surface area (Å²) in [6.45, 7) is 0.646. The van der Waals surface area contributed by atoms with Crippen LogP contribution in [0.3, 0.4) is 0 Å². The maximum Gasteiger partial charge on any atom is 0.305 e. The Balaban J connectivity index is 1.37. The van der Waals surface area contributed by atoms with Gasteiger partial charge < -0.3 is 15.3 Å². The SMILES string of the molecule is O=C(O)CCNC(=O)c1ccc(CN(c2ccc3c(c2)CCC3)c2nc(-c3ccc(Cl)cc3)c(-c3ccccc3)s2)cc1. The van der Waals surface area contributed by atoms with E-state index < -0.39 is 5.97 Å². The molecule has 8 heteroatoms. The molecule has 1 aliphatic rings. The zero-order valence-corrected chi connectivity index (χ0v) is 25.0. The second kappa shape index (κ2) is 12.8. The third kappa shape index (κ3) is 6.63. The van der Waals surface area contributed by atoms with Gasteiger partial charge in [0, 0.05) is 28.4 Å². The number of hydrogen-bond donors (Lipinski definition) is 2. The number of carboxylic acid groups (broad SMARTS) is 1. The summed E-state index contributed by atoms with van der Waals surface area (Å²) in [6.07, 6.45) is 3.24. The Kier molecular flexibility index (Phi) is 8.54. The van der Waals surface area contributed by atoms with E-state index in [4.69, 9.17) is 21.7 Å². The summed E-state index contributed by atoms with van der Waals surface area (Å²) in [6, 6.07) is 32.3. The molecule has 6 rings (SSSR count). The normalized spacial score (nSPS) is 12.1. The highest BCUT2D eigenvalue weighted by Gasteiger charge is 2.22. The van der Waals surface area contributed by atoms with Crippen molar-refractivity contribution >= 4 is 45.6 Å². The molecule has 43 heavy (non-hydrogen) atoms. The Morgan fingerprint density at radius 3 is 2.37 bits per heavy atom. The van der Waals surface area contributed by atoms with Gasteiger partial charge in [-0.05, 0) is 77.9 Å². The van der Waals surface area contributed by atoms with Crippen molar-refractivity contribution < 1.29 is 14.7 Å². The molecule has 2 N–H and O–H groups in total. The van der Waals surface area contributed by atoms with Crippen molar-refractivity contribution in [2.75, 3.05) is 11.4 Å². The highest BCUT2D eigenvalue weighted by atomic mass is 35.5. The van der Waals surface area contributed by atoms with Crippen molar-refractivity contribution in [3.8, 4) is 21.7 Å². The van der Waals surface area contributed by atoms with Crippen molar-refractivity contribution in [2.45, 2.75) is 32.2 Å². The van der Waals surface area contributed by atoms with E-state index in [1.54, 1.807) is 23.5 Å². The lowest BCUT2D eigenvalue weighted by Gasteiger charge is -2.23.